The molecule has 0 radical (unpaired) electrons. The largest absolute Gasteiger partial charge is 0.292 e. The second kappa shape index (κ2) is 2.95. The number of fused-ring (bicyclic) bond motifs is 1. The summed E-state index contributed by atoms with van der Waals surface area (Å²) < 4.78 is 0. The number of hydrogen-bond donors (Lipinski definition) is 2. The van der Waals surface area contributed by atoms with Crippen LogP contribution in [0.4, 0.5) is 0 Å². The lowest BCUT2D eigenvalue weighted by molar-refractivity contribution is -0.130. The van der Waals surface area contributed by atoms with E-state index in [-0.39, 0.29) is 23.4 Å². The molecule has 2 rings (SSSR count). The number of imide groups is 1. The van der Waals surface area contributed by atoms with Gasteiger partial charge in [-0.15, -0.1) is 12.6 Å². The van der Waals surface area contributed by atoms with Gasteiger partial charge in [0.1, 0.15) is 0 Å². The van der Waals surface area contributed by atoms with Crippen molar-refractivity contribution in [1.29, 1.82) is 0 Å². The highest BCUT2D eigenvalue weighted by molar-refractivity contribution is 7.96. The van der Waals surface area contributed by atoms with Crippen LogP contribution in [-0.2, 0) is 14.4 Å². The Morgan fingerprint density at radius 2 is 2.29 bits per heavy atom. The first kappa shape index (κ1) is 9.45. The molecule has 0 aromatic heterocycles. The third-order valence-corrected chi connectivity index (χ3v) is 2.95. The maximum atomic E-state index is 11.6. The number of allylic oxidation sites excluding steroid dienone is 1. The van der Waals surface area contributed by atoms with Crippen LogP contribution in [0.2, 0.25) is 0 Å². The molecule has 0 unspecified atom stereocenters. The topological polar surface area (TPSA) is 63.2 Å². The van der Waals surface area contributed by atoms with Gasteiger partial charge >= 0.3 is 0 Å². The van der Waals surface area contributed by atoms with Crippen LogP contribution in [0.3, 0.4) is 0 Å². The molecule has 1 fully saturated rings. The summed E-state index contributed by atoms with van der Waals surface area (Å²) in [6.45, 7) is 0. The Bertz CT molecular complexity index is 374. The van der Waals surface area contributed by atoms with E-state index in [1.165, 1.54) is 0 Å². The summed E-state index contributed by atoms with van der Waals surface area (Å²) in [7, 11) is 0. The maximum Gasteiger partial charge on any atom is 0.254 e. The van der Waals surface area contributed by atoms with Crippen LogP contribution >= 0.6 is 12.6 Å². The summed E-state index contributed by atoms with van der Waals surface area (Å²) in [5.74, 6) is -0.712. The minimum absolute atomic E-state index is 0.0134. The Kier molecular flexibility index (Phi) is 1.99. The molecule has 0 aromatic carbocycles. The molecule has 0 spiro atoms. The van der Waals surface area contributed by atoms with Gasteiger partial charge in [0.2, 0.25) is 5.91 Å². The monoisotopic (exact) mass is 211 g/mol. The van der Waals surface area contributed by atoms with Crippen molar-refractivity contribution >= 4 is 29.6 Å². The first-order valence-electron chi connectivity index (χ1n) is 4.34. The summed E-state index contributed by atoms with van der Waals surface area (Å²) in [4.78, 5) is 33.8. The number of amides is 2. The van der Waals surface area contributed by atoms with Gasteiger partial charge in [-0.2, -0.15) is 0 Å². The van der Waals surface area contributed by atoms with Crippen LogP contribution < -0.4 is 5.32 Å². The molecular formula is C9H9NO3S. The van der Waals surface area contributed by atoms with E-state index >= 15 is 0 Å². The van der Waals surface area contributed by atoms with Gasteiger partial charge in [0, 0.05) is 12.0 Å². The molecule has 2 amide bonds. The number of carbonyl (C=O) groups is 3. The van der Waals surface area contributed by atoms with Gasteiger partial charge < -0.3 is 0 Å². The van der Waals surface area contributed by atoms with Crippen molar-refractivity contribution in [3.63, 3.8) is 0 Å². The SMILES string of the molecule is O=C(S)C[C@@]12CCC=C1C(=O)NC2=O. The highest BCUT2D eigenvalue weighted by Gasteiger charge is 2.53. The fourth-order valence-electron chi connectivity index (χ4n) is 2.15. The van der Waals surface area contributed by atoms with E-state index in [0.717, 1.165) is 0 Å². The second-order valence-corrected chi connectivity index (χ2v) is 4.09. The molecule has 0 bridgehead atoms. The number of thiol groups is 1. The molecule has 4 nitrogen and oxygen atoms in total. The van der Waals surface area contributed by atoms with Crippen LogP contribution in [0.5, 0.6) is 0 Å². The number of rotatable bonds is 2. The third kappa shape index (κ3) is 1.12. The molecule has 1 atom stereocenters. The molecule has 1 aliphatic heterocycles. The number of carbonyl (C=O) groups excluding carboxylic acids is 3. The minimum Gasteiger partial charge on any atom is -0.292 e. The molecule has 1 heterocycles. The fraction of sp³-hybridized carbons (Fsp3) is 0.444. The highest BCUT2D eigenvalue weighted by atomic mass is 32.1. The fourth-order valence-corrected chi connectivity index (χ4v) is 2.42. The molecule has 1 saturated heterocycles. The van der Waals surface area contributed by atoms with Gasteiger partial charge in [-0.05, 0) is 12.8 Å². The maximum absolute atomic E-state index is 11.6. The van der Waals surface area contributed by atoms with Crippen molar-refractivity contribution in [1.82, 2.24) is 5.32 Å². The summed E-state index contributed by atoms with van der Waals surface area (Å²) in [6, 6.07) is 0. The summed E-state index contributed by atoms with van der Waals surface area (Å²) >= 11 is 3.66. The van der Waals surface area contributed by atoms with E-state index in [0.29, 0.717) is 18.4 Å². The molecule has 5 heteroatoms. The molecule has 74 valence electrons. The Balaban J connectivity index is 2.41. The van der Waals surface area contributed by atoms with Crippen molar-refractivity contribution in [2.75, 3.05) is 0 Å². The predicted octanol–water partition coefficient (Wildman–Crippen LogP) is 0.196. The third-order valence-electron chi connectivity index (χ3n) is 2.79. The lowest BCUT2D eigenvalue weighted by atomic mass is 9.80. The van der Waals surface area contributed by atoms with Gasteiger partial charge in [-0.1, -0.05) is 6.08 Å². The quantitative estimate of drug-likeness (QED) is 0.506. The van der Waals surface area contributed by atoms with Crippen LogP contribution in [0.1, 0.15) is 19.3 Å². The Labute approximate surface area is 86.1 Å². The van der Waals surface area contributed by atoms with Crippen LogP contribution in [0.15, 0.2) is 11.6 Å². The van der Waals surface area contributed by atoms with E-state index in [1.807, 2.05) is 0 Å². The zero-order valence-electron chi connectivity index (χ0n) is 7.37. The van der Waals surface area contributed by atoms with Crippen LogP contribution in [-0.4, -0.2) is 16.9 Å². The Morgan fingerprint density at radius 1 is 1.57 bits per heavy atom. The van der Waals surface area contributed by atoms with E-state index in [4.69, 9.17) is 0 Å². The number of nitrogens with one attached hydrogen (secondary N) is 1. The molecule has 2 aliphatic rings. The molecule has 1 aliphatic carbocycles. The van der Waals surface area contributed by atoms with Crippen molar-refractivity contribution < 1.29 is 14.4 Å². The molecule has 0 saturated carbocycles. The Hall–Kier alpha value is -1.10. The van der Waals surface area contributed by atoms with E-state index < -0.39 is 5.41 Å². The molecule has 14 heavy (non-hydrogen) atoms. The first-order chi connectivity index (χ1) is 6.56. The van der Waals surface area contributed by atoms with Crippen LogP contribution in [0, 0.1) is 5.41 Å². The van der Waals surface area contributed by atoms with Crippen LogP contribution in [0.25, 0.3) is 0 Å². The lowest BCUT2D eigenvalue weighted by Crippen LogP contribution is -2.32. The lowest BCUT2D eigenvalue weighted by Gasteiger charge is -2.19. The smallest absolute Gasteiger partial charge is 0.254 e. The molecule has 1 N–H and O–H groups in total. The van der Waals surface area contributed by atoms with Gasteiger partial charge in [0.15, 0.2) is 5.12 Å². The average Bonchev–Trinajstić information content (AvgIpc) is 2.55. The Morgan fingerprint density at radius 3 is 2.93 bits per heavy atom. The molecule has 0 aromatic rings. The van der Waals surface area contributed by atoms with Crippen molar-refractivity contribution in [3.8, 4) is 0 Å². The predicted molar refractivity (Wildman–Crippen MR) is 51.5 cm³/mol. The van der Waals surface area contributed by atoms with Gasteiger partial charge in [-0.3, -0.25) is 19.7 Å². The standard InChI is InChI=1S/C9H9NO3S/c11-6(14)4-9-3-1-2-5(9)7(12)10-8(9)13/h2H,1,3-4H2,(H,11,14)(H,10,12,13)/t9-/m0/s1. The number of hydrogen-bond acceptors (Lipinski definition) is 3. The van der Waals surface area contributed by atoms with Crippen molar-refractivity contribution in [2.45, 2.75) is 19.3 Å². The summed E-state index contributed by atoms with van der Waals surface area (Å²) in [5.41, 5.74) is -0.458. The van der Waals surface area contributed by atoms with Crippen molar-refractivity contribution in [3.05, 3.63) is 11.6 Å². The van der Waals surface area contributed by atoms with Crippen molar-refractivity contribution in [2.24, 2.45) is 5.41 Å². The van der Waals surface area contributed by atoms with E-state index in [9.17, 15) is 14.4 Å². The van der Waals surface area contributed by atoms with Gasteiger partial charge in [0.25, 0.3) is 5.91 Å². The second-order valence-electron chi connectivity index (χ2n) is 3.59. The first-order valence-corrected chi connectivity index (χ1v) is 4.79. The summed E-state index contributed by atoms with van der Waals surface area (Å²) in [5, 5.41) is 1.87. The normalized spacial score (nSPS) is 29.9. The highest BCUT2D eigenvalue weighted by Crippen LogP contribution is 2.46. The van der Waals surface area contributed by atoms with E-state index in [1.54, 1.807) is 6.08 Å². The van der Waals surface area contributed by atoms with Gasteiger partial charge in [-0.25, -0.2) is 0 Å². The molecular weight excluding hydrogens is 202 g/mol. The minimum atomic E-state index is -0.907. The van der Waals surface area contributed by atoms with Gasteiger partial charge in [0.05, 0.1) is 5.41 Å². The average molecular weight is 211 g/mol. The van der Waals surface area contributed by atoms with E-state index in [2.05, 4.69) is 17.9 Å². The summed E-state index contributed by atoms with van der Waals surface area (Å²) in [6.07, 6.45) is 2.96. The zero-order chi connectivity index (χ0) is 10.3. The zero-order valence-corrected chi connectivity index (χ0v) is 8.27.